The smallest absolute Gasteiger partial charge is 0.179 e. The van der Waals surface area contributed by atoms with Gasteiger partial charge in [0, 0.05) is 6.04 Å². The van der Waals surface area contributed by atoms with Crippen LogP contribution < -0.4 is 20.7 Å². The third kappa shape index (κ3) is 4.01. The SMILES string of the molecule is CCC(CC)CC(NN)c1cc(Cl)c(OC)c(OC)c1. The lowest BCUT2D eigenvalue weighted by Gasteiger charge is -2.23. The lowest BCUT2D eigenvalue weighted by Crippen LogP contribution is -2.29. The van der Waals surface area contributed by atoms with Gasteiger partial charge >= 0.3 is 0 Å². The average molecular weight is 301 g/mol. The van der Waals surface area contributed by atoms with Crippen LogP contribution in [0.25, 0.3) is 0 Å². The Morgan fingerprint density at radius 1 is 1.20 bits per heavy atom. The summed E-state index contributed by atoms with van der Waals surface area (Å²) in [5.41, 5.74) is 3.89. The lowest BCUT2D eigenvalue weighted by molar-refractivity contribution is 0.350. The number of halogens is 1. The van der Waals surface area contributed by atoms with E-state index < -0.39 is 0 Å². The summed E-state index contributed by atoms with van der Waals surface area (Å²) >= 11 is 6.25. The number of benzene rings is 1. The van der Waals surface area contributed by atoms with Gasteiger partial charge in [-0.1, -0.05) is 38.3 Å². The zero-order chi connectivity index (χ0) is 15.1. The van der Waals surface area contributed by atoms with Gasteiger partial charge in [0.2, 0.25) is 0 Å². The van der Waals surface area contributed by atoms with Crippen LogP contribution in [0.4, 0.5) is 0 Å². The van der Waals surface area contributed by atoms with Crippen molar-refractivity contribution < 1.29 is 9.47 Å². The largest absolute Gasteiger partial charge is 0.493 e. The summed E-state index contributed by atoms with van der Waals surface area (Å²) in [6.07, 6.45) is 3.24. The van der Waals surface area contributed by atoms with Crippen molar-refractivity contribution in [2.75, 3.05) is 14.2 Å². The van der Waals surface area contributed by atoms with E-state index in [4.69, 9.17) is 26.9 Å². The fourth-order valence-electron chi connectivity index (χ4n) is 2.39. The molecule has 0 fully saturated rings. The van der Waals surface area contributed by atoms with Gasteiger partial charge in [0.1, 0.15) is 0 Å². The standard InChI is InChI=1S/C15H25ClN2O2/c1-5-10(6-2)7-13(18-17)11-8-12(16)15(20-4)14(9-11)19-3/h8-10,13,18H,5-7,17H2,1-4H3. The molecule has 0 aliphatic carbocycles. The third-order valence-corrected chi connectivity index (χ3v) is 4.06. The number of ether oxygens (including phenoxy) is 2. The van der Waals surface area contributed by atoms with Crippen LogP contribution in [0.2, 0.25) is 5.02 Å². The van der Waals surface area contributed by atoms with Crippen LogP contribution in [0.3, 0.4) is 0 Å². The number of hydrogen-bond donors (Lipinski definition) is 2. The first kappa shape index (κ1) is 17.1. The highest BCUT2D eigenvalue weighted by atomic mass is 35.5. The van der Waals surface area contributed by atoms with E-state index in [1.807, 2.05) is 12.1 Å². The van der Waals surface area contributed by atoms with Gasteiger partial charge in [0.15, 0.2) is 11.5 Å². The predicted molar refractivity (Wildman–Crippen MR) is 83.3 cm³/mol. The minimum atomic E-state index is 0.0530. The van der Waals surface area contributed by atoms with Gasteiger partial charge in [-0.2, -0.15) is 0 Å². The van der Waals surface area contributed by atoms with Crippen molar-refractivity contribution in [2.45, 2.75) is 39.2 Å². The molecule has 0 aliphatic heterocycles. The quantitative estimate of drug-likeness (QED) is 0.568. The monoisotopic (exact) mass is 300 g/mol. The molecule has 1 aromatic carbocycles. The Hall–Kier alpha value is -0.970. The molecule has 0 radical (unpaired) electrons. The molecular weight excluding hydrogens is 276 g/mol. The topological polar surface area (TPSA) is 56.5 Å². The van der Waals surface area contributed by atoms with Gasteiger partial charge in [0.25, 0.3) is 0 Å². The van der Waals surface area contributed by atoms with Crippen LogP contribution >= 0.6 is 11.6 Å². The highest BCUT2D eigenvalue weighted by Crippen LogP contribution is 2.38. The minimum absolute atomic E-state index is 0.0530. The van der Waals surface area contributed by atoms with Crippen molar-refractivity contribution in [3.05, 3.63) is 22.7 Å². The number of hydrazine groups is 1. The van der Waals surface area contributed by atoms with Crippen LogP contribution in [0.15, 0.2) is 12.1 Å². The molecule has 5 heteroatoms. The molecule has 0 bridgehead atoms. The summed E-state index contributed by atoms with van der Waals surface area (Å²) < 4.78 is 10.6. The van der Waals surface area contributed by atoms with E-state index in [0.29, 0.717) is 22.4 Å². The van der Waals surface area contributed by atoms with E-state index >= 15 is 0 Å². The van der Waals surface area contributed by atoms with Gasteiger partial charge in [0.05, 0.1) is 19.2 Å². The Balaban J connectivity index is 3.06. The fraction of sp³-hybridized carbons (Fsp3) is 0.600. The molecule has 0 aliphatic rings. The maximum absolute atomic E-state index is 6.25. The molecule has 0 heterocycles. The van der Waals surface area contributed by atoms with E-state index in [0.717, 1.165) is 24.8 Å². The molecule has 0 saturated heterocycles. The molecule has 0 aromatic heterocycles. The van der Waals surface area contributed by atoms with Crippen LogP contribution in [0, 0.1) is 5.92 Å². The number of nitrogens with two attached hydrogens (primary N) is 1. The minimum Gasteiger partial charge on any atom is -0.493 e. The van der Waals surface area contributed by atoms with Crippen molar-refractivity contribution in [3.63, 3.8) is 0 Å². The fourth-order valence-corrected chi connectivity index (χ4v) is 2.69. The Bertz CT molecular complexity index is 423. The van der Waals surface area contributed by atoms with Crippen molar-refractivity contribution in [2.24, 2.45) is 11.8 Å². The lowest BCUT2D eigenvalue weighted by atomic mass is 9.91. The van der Waals surface area contributed by atoms with Crippen molar-refractivity contribution in [1.29, 1.82) is 0 Å². The van der Waals surface area contributed by atoms with Crippen LogP contribution in [0.5, 0.6) is 11.5 Å². The van der Waals surface area contributed by atoms with E-state index in [1.165, 1.54) is 0 Å². The van der Waals surface area contributed by atoms with Crippen LogP contribution in [-0.2, 0) is 0 Å². The zero-order valence-corrected chi connectivity index (χ0v) is 13.5. The predicted octanol–water partition coefficient (Wildman–Crippen LogP) is 3.69. The van der Waals surface area contributed by atoms with E-state index in [-0.39, 0.29) is 6.04 Å². The highest BCUT2D eigenvalue weighted by molar-refractivity contribution is 6.32. The van der Waals surface area contributed by atoms with E-state index in [9.17, 15) is 0 Å². The Kier molecular flexibility index (Phi) is 7.13. The maximum Gasteiger partial charge on any atom is 0.179 e. The molecule has 1 aromatic rings. The molecule has 3 N–H and O–H groups in total. The highest BCUT2D eigenvalue weighted by Gasteiger charge is 2.19. The molecule has 0 saturated carbocycles. The summed E-state index contributed by atoms with van der Waals surface area (Å²) in [4.78, 5) is 0. The number of nitrogens with one attached hydrogen (secondary N) is 1. The molecular formula is C15H25ClN2O2. The first-order valence-corrected chi connectivity index (χ1v) is 7.36. The van der Waals surface area contributed by atoms with Crippen LogP contribution in [-0.4, -0.2) is 14.2 Å². The van der Waals surface area contributed by atoms with E-state index in [2.05, 4.69) is 19.3 Å². The van der Waals surface area contributed by atoms with Gasteiger partial charge in [-0.05, 0) is 30.0 Å². The van der Waals surface area contributed by atoms with E-state index in [1.54, 1.807) is 14.2 Å². The van der Waals surface area contributed by atoms with Crippen molar-refractivity contribution in [3.8, 4) is 11.5 Å². The summed E-state index contributed by atoms with van der Waals surface area (Å²) in [6, 6.07) is 3.87. The summed E-state index contributed by atoms with van der Waals surface area (Å²) in [5, 5.41) is 0.534. The molecule has 4 nitrogen and oxygen atoms in total. The first-order valence-electron chi connectivity index (χ1n) is 6.98. The molecule has 1 atom stereocenters. The van der Waals surface area contributed by atoms with Crippen LogP contribution in [0.1, 0.15) is 44.7 Å². The van der Waals surface area contributed by atoms with Crippen molar-refractivity contribution in [1.82, 2.24) is 5.43 Å². The Labute approximate surface area is 126 Å². The normalized spacial score (nSPS) is 12.6. The average Bonchev–Trinajstić information content (AvgIpc) is 2.47. The number of hydrogen-bond acceptors (Lipinski definition) is 4. The summed E-state index contributed by atoms with van der Waals surface area (Å²) in [5.74, 6) is 7.51. The summed E-state index contributed by atoms with van der Waals surface area (Å²) in [6.45, 7) is 4.40. The molecule has 1 unspecified atom stereocenters. The summed E-state index contributed by atoms with van der Waals surface area (Å²) in [7, 11) is 3.18. The number of rotatable bonds is 8. The Morgan fingerprint density at radius 3 is 2.30 bits per heavy atom. The van der Waals surface area contributed by atoms with Gasteiger partial charge in [-0.25, -0.2) is 0 Å². The molecule has 20 heavy (non-hydrogen) atoms. The molecule has 0 amide bonds. The molecule has 114 valence electrons. The maximum atomic E-state index is 6.25. The zero-order valence-electron chi connectivity index (χ0n) is 12.7. The second-order valence-electron chi connectivity index (χ2n) is 4.88. The number of methoxy groups -OCH3 is 2. The first-order chi connectivity index (χ1) is 9.60. The van der Waals surface area contributed by atoms with Gasteiger partial charge < -0.3 is 9.47 Å². The molecule has 0 spiro atoms. The second kappa shape index (κ2) is 8.35. The second-order valence-corrected chi connectivity index (χ2v) is 5.28. The Morgan fingerprint density at radius 2 is 1.85 bits per heavy atom. The van der Waals surface area contributed by atoms with Gasteiger partial charge in [-0.3, -0.25) is 11.3 Å². The van der Waals surface area contributed by atoms with Crippen molar-refractivity contribution >= 4 is 11.6 Å². The third-order valence-electron chi connectivity index (χ3n) is 3.78. The molecule has 1 rings (SSSR count). The van der Waals surface area contributed by atoms with Gasteiger partial charge in [-0.15, -0.1) is 0 Å².